The van der Waals surface area contributed by atoms with E-state index in [2.05, 4.69) is 18.2 Å². The zero-order chi connectivity index (χ0) is 14.7. The van der Waals surface area contributed by atoms with Crippen LogP contribution in [-0.4, -0.2) is 19.8 Å². The van der Waals surface area contributed by atoms with Crippen LogP contribution in [0.1, 0.15) is 11.1 Å². The summed E-state index contributed by atoms with van der Waals surface area (Å²) in [4.78, 5) is 0. The molecule has 0 fully saturated rings. The largest absolute Gasteiger partial charge is 0.496 e. The number of para-hydroxylation sites is 2. The summed E-state index contributed by atoms with van der Waals surface area (Å²) >= 11 is 0. The van der Waals surface area contributed by atoms with Crippen molar-refractivity contribution in [2.24, 2.45) is 11.7 Å². The standard InChI is InChI=1S/C18H21NO2/c1-20-17-8-4-2-7-14(17)11-16(19)15-10-13-6-3-5-9-18(13)21-12-15/h2-9,15-16H,10-12,19H2,1H3. The van der Waals surface area contributed by atoms with Crippen molar-refractivity contribution in [3.05, 3.63) is 59.7 Å². The molecule has 0 aromatic heterocycles. The predicted molar refractivity (Wildman–Crippen MR) is 83.8 cm³/mol. The highest BCUT2D eigenvalue weighted by Crippen LogP contribution is 2.29. The highest BCUT2D eigenvalue weighted by molar-refractivity contribution is 5.36. The van der Waals surface area contributed by atoms with E-state index in [4.69, 9.17) is 15.2 Å². The van der Waals surface area contributed by atoms with Gasteiger partial charge in [-0.3, -0.25) is 0 Å². The normalized spacial score (nSPS) is 18.5. The summed E-state index contributed by atoms with van der Waals surface area (Å²) in [6, 6.07) is 16.3. The summed E-state index contributed by atoms with van der Waals surface area (Å²) in [6.07, 6.45) is 1.78. The Kier molecular flexibility index (Phi) is 4.11. The van der Waals surface area contributed by atoms with E-state index in [1.54, 1.807) is 7.11 Å². The van der Waals surface area contributed by atoms with Gasteiger partial charge in [0.25, 0.3) is 0 Å². The van der Waals surface area contributed by atoms with Crippen LogP contribution in [0.25, 0.3) is 0 Å². The Morgan fingerprint density at radius 1 is 1.19 bits per heavy atom. The van der Waals surface area contributed by atoms with Gasteiger partial charge in [-0.05, 0) is 36.1 Å². The van der Waals surface area contributed by atoms with Crippen LogP contribution in [0.4, 0.5) is 0 Å². The first-order chi connectivity index (χ1) is 10.3. The minimum Gasteiger partial charge on any atom is -0.496 e. The van der Waals surface area contributed by atoms with Crippen molar-refractivity contribution in [1.82, 2.24) is 0 Å². The zero-order valence-corrected chi connectivity index (χ0v) is 12.3. The number of fused-ring (bicyclic) bond motifs is 1. The number of ether oxygens (including phenoxy) is 2. The fourth-order valence-corrected chi connectivity index (χ4v) is 2.92. The molecule has 3 heteroatoms. The highest BCUT2D eigenvalue weighted by Gasteiger charge is 2.25. The number of methoxy groups -OCH3 is 1. The van der Waals surface area contributed by atoms with E-state index in [0.717, 1.165) is 29.9 Å². The molecular formula is C18H21NO2. The van der Waals surface area contributed by atoms with Crippen molar-refractivity contribution in [2.45, 2.75) is 18.9 Å². The lowest BCUT2D eigenvalue weighted by molar-refractivity contribution is 0.198. The van der Waals surface area contributed by atoms with E-state index in [1.807, 2.05) is 30.3 Å². The summed E-state index contributed by atoms with van der Waals surface area (Å²) in [5, 5.41) is 0. The van der Waals surface area contributed by atoms with Gasteiger partial charge >= 0.3 is 0 Å². The molecule has 1 heterocycles. The summed E-state index contributed by atoms with van der Waals surface area (Å²) < 4.78 is 11.2. The second-order valence-electron chi connectivity index (χ2n) is 5.56. The maximum atomic E-state index is 6.43. The molecule has 3 nitrogen and oxygen atoms in total. The van der Waals surface area contributed by atoms with Gasteiger partial charge in [0.1, 0.15) is 11.5 Å². The van der Waals surface area contributed by atoms with Gasteiger partial charge < -0.3 is 15.2 Å². The van der Waals surface area contributed by atoms with Crippen LogP contribution in [0.5, 0.6) is 11.5 Å². The van der Waals surface area contributed by atoms with Gasteiger partial charge in [0.2, 0.25) is 0 Å². The van der Waals surface area contributed by atoms with Gasteiger partial charge in [0, 0.05) is 12.0 Å². The van der Waals surface area contributed by atoms with Crippen molar-refractivity contribution in [3.8, 4) is 11.5 Å². The van der Waals surface area contributed by atoms with Gasteiger partial charge in [-0.2, -0.15) is 0 Å². The molecule has 0 aliphatic carbocycles. The molecule has 0 saturated heterocycles. The number of hydrogen-bond acceptors (Lipinski definition) is 3. The maximum absolute atomic E-state index is 6.43. The summed E-state index contributed by atoms with van der Waals surface area (Å²) in [6.45, 7) is 0.688. The molecule has 0 amide bonds. The van der Waals surface area contributed by atoms with Gasteiger partial charge in [-0.15, -0.1) is 0 Å². The molecule has 110 valence electrons. The third kappa shape index (κ3) is 3.03. The Labute approximate surface area is 125 Å². The molecule has 0 saturated carbocycles. The first-order valence-corrected chi connectivity index (χ1v) is 7.36. The van der Waals surface area contributed by atoms with E-state index in [1.165, 1.54) is 5.56 Å². The number of benzene rings is 2. The Morgan fingerprint density at radius 3 is 2.81 bits per heavy atom. The predicted octanol–water partition coefficient (Wildman–Crippen LogP) is 2.82. The lowest BCUT2D eigenvalue weighted by atomic mass is 9.87. The molecular weight excluding hydrogens is 262 g/mol. The van der Waals surface area contributed by atoms with E-state index < -0.39 is 0 Å². The molecule has 3 rings (SSSR count). The van der Waals surface area contributed by atoms with Gasteiger partial charge in [-0.1, -0.05) is 36.4 Å². The lowest BCUT2D eigenvalue weighted by Crippen LogP contribution is -2.39. The van der Waals surface area contributed by atoms with Crippen LogP contribution >= 0.6 is 0 Å². The van der Waals surface area contributed by atoms with Crippen molar-refractivity contribution in [1.29, 1.82) is 0 Å². The van der Waals surface area contributed by atoms with E-state index in [0.29, 0.717) is 12.5 Å². The van der Waals surface area contributed by atoms with E-state index in [-0.39, 0.29) is 6.04 Å². The summed E-state index contributed by atoms with van der Waals surface area (Å²) in [5.41, 5.74) is 8.84. The van der Waals surface area contributed by atoms with Crippen LogP contribution in [0.2, 0.25) is 0 Å². The third-order valence-electron chi connectivity index (χ3n) is 4.16. The topological polar surface area (TPSA) is 44.5 Å². The average Bonchev–Trinajstić information content (AvgIpc) is 2.55. The Bertz CT molecular complexity index is 612. The van der Waals surface area contributed by atoms with Crippen LogP contribution in [0, 0.1) is 5.92 Å². The van der Waals surface area contributed by atoms with Crippen molar-refractivity contribution in [2.75, 3.05) is 13.7 Å². The van der Waals surface area contributed by atoms with Gasteiger partial charge in [0.15, 0.2) is 0 Å². The number of rotatable bonds is 4. The molecule has 2 aromatic rings. The summed E-state index contributed by atoms with van der Waals surface area (Å²) in [5.74, 6) is 2.24. The maximum Gasteiger partial charge on any atom is 0.122 e. The molecule has 0 bridgehead atoms. The molecule has 2 N–H and O–H groups in total. The van der Waals surface area contributed by atoms with Crippen LogP contribution in [0.3, 0.4) is 0 Å². The van der Waals surface area contributed by atoms with E-state index in [9.17, 15) is 0 Å². The van der Waals surface area contributed by atoms with Gasteiger partial charge in [-0.25, -0.2) is 0 Å². The fraction of sp³-hybridized carbons (Fsp3) is 0.333. The molecule has 2 unspecified atom stereocenters. The molecule has 2 aromatic carbocycles. The Hall–Kier alpha value is -2.00. The molecule has 0 radical (unpaired) electrons. The van der Waals surface area contributed by atoms with Crippen molar-refractivity contribution < 1.29 is 9.47 Å². The zero-order valence-electron chi connectivity index (χ0n) is 12.3. The van der Waals surface area contributed by atoms with Crippen molar-refractivity contribution >= 4 is 0 Å². The Morgan fingerprint density at radius 2 is 1.95 bits per heavy atom. The van der Waals surface area contributed by atoms with Crippen LogP contribution < -0.4 is 15.2 Å². The molecule has 2 atom stereocenters. The van der Waals surface area contributed by atoms with Crippen molar-refractivity contribution in [3.63, 3.8) is 0 Å². The fourth-order valence-electron chi connectivity index (χ4n) is 2.92. The quantitative estimate of drug-likeness (QED) is 0.938. The highest BCUT2D eigenvalue weighted by atomic mass is 16.5. The second-order valence-corrected chi connectivity index (χ2v) is 5.56. The summed E-state index contributed by atoms with van der Waals surface area (Å²) in [7, 11) is 1.70. The number of hydrogen-bond donors (Lipinski definition) is 1. The monoisotopic (exact) mass is 283 g/mol. The minimum absolute atomic E-state index is 0.0645. The number of nitrogens with two attached hydrogens (primary N) is 1. The van der Waals surface area contributed by atoms with Crippen LogP contribution in [-0.2, 0) is 12.8 Å². The molecule has 0 spiro atoms. The second kappa shape index (κ2) is 6.19. The Balaban J connectivity index is 1.71. The lowest BCUT2D eigenvalue weighted by Gasteiger charge is -2.29. The van der Waals surface area contributed by atoms with E-state index >= 15 is 0 Å². The average molecular weight is 283 g/mol. The SMILES string of the molecule is COc1ccccc1CC(N)C1COc2ccccc2C1. The third-order valence-corrected chi connectivity index (χ3v) is 4.16. The first-order valence-electron chi connectivity index (χ1n) is 7.36. The minimum atomic E-state index is 0.0645. The molecule has 1 aliphatic heterocycles. The molecule has 1 aliphatic rings. The smallest absolute Gasteiger partial charge is 0.122 e. The molecule has 21 heavy (non-hydrogen) atoms. The van der Waals surface area contributed by atoms with Crippen LogP contribution in [0.15, 0.2) is 48.5 Å². The first kappa shape index (κ1) is 14.0. The van der Waals surface area contributed by atoms with Gasteiger partial charge in [0.05, 0.1) is 13.7 Å².